The van der Waals surface area contributed by atoms with Crippen LogP contribution < -0.4 is 4.90 Å². The van der Waals surface area contributed by atoms with E-state index in [1.165, 1.54) is 17.0 Å². The van der Waals surface area contributed by atoms with Crippen molar-refractivity contribution in [3.8, 4) is 5.69 Å². The van der Waals surface area contributed by atoms with Crippen LogP contribution in [-0.2, 0) is 11.3 Å². The zero-order valence-corrected chi connectivity index (χ0v) is 20.2. The molecule has 0 radical (unpaired) electrons. The first-order chi connectivity index (χ1) is 16.0. The van der Waals surface area contributed by atoms with E-state index in [1.54, 1.807) is 73.1 Å². The van der Waals surface area contributed by atoms with E-state index in [-0.39, 0.29) is 24.0 Å². The Hall–Kier alpha value is -3.39. The maximum atomic E-state index is 14.2. The Morgan fingerprint density at radius 1 is 1.18 bits per heavy atom. The van der Waals surface area contributed by atoms with Gasteiger partial charge in [-0.15, -0.1) is 0 Å². The molecule has 7 nitrogen and oxygen atoms in total. The molecule has 0 saturated carbocycles. The van der Waals surface area contributed by atoms with Crippen molar-refractivity contribution in [1.82, 2.24) is 14.7 Å². The summed E-state index contributed by atoms with van der Waals surface area (Å²) in [6.07, 6.45) is 2.91. The van der Waals surface area contributed by atoms with E-state index in [0.717, 1.165) is 0 Å². The molecule has 178 valence electrons. The normalized spacial score (nSPS) is 16.1. The third-order valence-electron chi connectivity index (χ3n) is 5.48. The highest BCUT2D eigenvalue weighted by Crippen LogP contribution is 2.32. The van der Waals surface area contributed by atoms with Crippen molar-refractivity contribution in [2.75, 3.05) is 11.4 Å². The van der Waals surface area contributed by atoms with E-state index in [4.69, 9.17) is 16.3 Å². The van der Waals surface area contributed by atoms with Crippen LogP contribution in [-0.4, -0.2) is 44.9 Å². The number of amides is 2. The number of rotatable bonds is 2. The van der Waals surface area contributed by atoms with E-state index in [0.29, 0.717) is 22.5 Å². The van der Waals surface area contributed by atoms with Gasteiger partial charge in [-0.3, -0.25) is 9.69 Å². The Bertz CT molecular complexity index is 1220. The predicted octanol–water partition coefficient (Wildman–Crippen LogP) is 5.45. The van der Waals surface area contributed by atoms with Crippen molar-refractivity contribution in [2.24, 2.45) is 0 Å². The number of carbonyl (C=O) groups is 2. The van der Waals surface area contributed by atoms with Gasteiger partial charge in [0.1, 0.15) is 11.4 Å². The topological polar surface area (TPSA) is 67.7 Å². The minimum absolute atomic E-state index is 0.110. The fourth-order valence-corrected chi connectivity index (χ4v) is 4.14. The molecule has 0 unspecified atom stereocenters. The number of hydrogen-bond acceptors (Lipinski definition) is 4. The van der Waals surface area contributed by atoms with Gasteiger partial charge in [0, 0.05) is 24.6 Å². The van der Waals surface area contributed by atoms with Crippen molar-refractivity contribution in [3.63, 3.8) is 0 Å². The smallest absolute Gasteiger partial charge is 0.410 e. The van der Waals surface area contributed by atoms with Crippen LogP contribution >= 0.6 is 11.6 Å². The van der Waals surface area contributed by atoms with Gasteiger partial charge in [-0.25, -0.2) is 13.9 Å². The molecule has 1 aliphatic rings. The average molecular weight is 485 g/mol. The second-order valence-corrected chi connectivity index (χ2v) is 9.67. The lowest BCUT2D eigenvalue weighted by atomic mass is 10.1. The van der Waals surface area contributed by atoms with E-state index in [1.807, 2.05) is 6.92 Å². The minimum atomic E-state index is -0.687. The second-order valence-electron chi connectivity index (χ2n) is 9.26. The van der Waals surface area contributed by atoms with Gasteiger partial charge < -0.3 is 9.64 Å². The summed E-state index contributed by atoms with van der Waals surface area (Å²) < 4.78 is 21.4. The number of aromatic nitrogens is 2. The van der Waals surface area contributed by atoms with Crippen LogP contribution in [0.1, 0.15) is 43.6 Å². The Labute approximate surface area is 202 Å². The van der Waals surface area contributed by atoms with E-state index in [2.05, 4.69) is 5.10 Å². The van der Waals surface area contributed by atoms with Gasteiger partial charge in [-0.05, 0) is 75.7 Å². The summed E-state index contributed by atoms with van der Waals surface area (Å²) in [6, 6.07) is 10.7. The lowest BCUT2D eigenvalue weighted by Gasteiger charge is -2.31. The van der Waals surface area contributed by atoms with Crippen LogP contribution in [0.2, 0.25) is 5.02 Å². The van der Waals surface area contributed by atoms with Crippen LogP contribution in [0.4, 0.5) is 14.9 Å². The predicted molar refractivity (Wildman–Crippen MR) is 128 cm³/mol. The number of fused-ring (bicyclic) bond motifs is 1. The van der Waals surface area contributed by atoms with E-state index < -0.39 is 23.6 Å². The van der Waals surface area contributed by atoms with E-state index >= 15 is 0 Å². The van der Waals surface area contributed by atoms with Crippen molar-refractivity contribution in [3.05, 3.63) is 76.8 Å². The fraction of sp³-hybridized carbons (Fsp3) is 0.320. The summed E-state index contributed by atoms with van der Waals surface area (Å²) in [6.45, 7) is 7.48. The number of halogens is 2. The molecule has 1 atom stereocenters. The first-order valence-electron chi connectivity index (χ1n) is 10.9. The molecule has 2 aromatic carbocycles. The molecule has 34 heavy (non-hydrogen) atoms. The molecule has 0 aliphatic carbocycles. The molecule has 2 amide bonds. The molecule has 4 rings (SSSR count). The number of anilines is 1. The molecule has 1 aliphatic heterocycles. The van der Waals surface area contributed by atoms with Crippen molar-refractivity contribution >= 4 is 29.3 Å². The van der Waals surface area contributed by atoms with Gasteiger partial charge in [0.15, 0.2) is 0 Å². The van der Waals surface area contributed by atoms with Crippen LogP contribution in [0.25, 0.3) is 5.69 Å². The lowest BCUT2D eigenvalue weighted by molar-refractivity contribution is 0.0167. The zero-order valence-electron chi connectivity index (χ0n) is 19.5. The fourth-order valence-electron chi connectivity index (χ4n) is 3.89. The first kappa shape index (κ1) is 23.8. The average Bonchev–Trinajstić information content (AvgIpc) is 3.24. The van der Waals surface area contributed by atoms with Gasteiger partial charge in [-0.1, -0.05) is 11.6 Å². The van der Waals surface area contributed by atoms with Crippen molar-refractivity contribution in [2.45, 2.75) is 45.9 Å². The molecule has 9 heteroatoms. The quantitative estimate of drug-likeness (QED) is 0.485. The third-order valence-corrected chi connectivity index (χ3v) is 5.79. The summed E-state index contributed by atoms with van der Waals surface area (Å²) in [5, 5.41) is 4.45. The molecule has 3 aromatic rings. The highest BCUT2D eigenvalue weighted by atomic mass is 35.5. The SMILES string of the molecule is C[C@@H]1CN(C(=O)c2ccc(-n3cccn3)cc2Cl)c2ccc(F)cc2CN1C(=O)OC(C)(C)C. The highest BCUT2D eigenvalue weighted by Gasteiger charge is 2.34. The Balaban J connectivity index is 1.70. The number of benzene rings is 2. The molecule has 0 saturated heterocycles. The molecule has 0 bridgehead atoms. The molecule has 0 fully saturated rings. The maximum Gasteiger partial charge on any atom is 0.410 e. The zero-order chi connectivity index (χ0) is 24.6. The van der Waals surface area contributed by atoms with Crippen LogP contribution in [0, 0.1) is 5.82 Å². The maximum absolute atomic E-state index is 14.2. The highest BCUT2D eigenvalue weighted by molar-refractivity contribution is 6.34. The number of nitrogens with zero attached hydrogens (tertiary/aromatic N) is 4. The Morgan fingerprint density at radius 3 is 2.59 bits per heavy atom. The summed E-state index contributed by atoms with van der Waals surface area (Å²) in [5.74, 6) is -0.797. The number of ether oxygens (including phenoxy) is 1. The Kier molecular flexibility index (Phi) is 6.36. The molecular weight excluding hydrogens is 459 g/mol. The van der Waals surface area contributed by atoms with Gasteiger partial charge in [0.05, 0.1) is 28.9 Å². The third kappa shape index (κ3) is 4.92. The monoisotopic (exact) mass is 484 g/mol. The largest absolute Gasteiger partial charge is 0.444 e. The summed E-state index contributed by atoms with van der Waals surface area (Å²) in [5.41, 5.74) is 1.36. The molecule has 1 aromatic heterocycles. The van der Waals surface area contributed by atoms with Gasteiger partial charge in [0.2, 0.25) is 0 Å². The van der Waals surface area contributed by atoms with Gasteiger partial charge >= 0.3 is 6.09 Å². The van der Waals surface area contributed by atoms with Gasteiger partial charge in [0.25, 0.3) is 5.91 Å². The standard InChI is InChI=1S/C25H26ClFN4O3/c1-16-14-30(23(32)20-8-7-19(13-21(20)26)31-11-5-10-28-31)22-9-6-18(27)12-17(22)15-29(16)24(33)34-25(2,3)4/h5-13,16H,14-15H2,1-4H3/t16-/m1/s1. The summed E-state index contributed by atoms with van der Waals surface area (Å²) in [4.78, 5) is 29.6. The summed E-state index contributed by atoms with van der Waals surface area (Å²) in [7, 11) is 0. The lowest BCUT2D eigenvalue weighted by Crippen LogP contribution is -2.46. The molecule has 0 spiro atoms. The van der Waals surface area contributed by atoms with Crippen LogP contribution in [0.15, 0.2) is 54.9 Å². The Morgan fingerprint density at radius 2 is 1.94 bits per heavy atom. The van der Waals surface area contributed by atoms with Crippen LogP contribution in [0.5, 0.6) is 0 Å². The van der Waals surface area contributed by atoms with Crippen LogP contribution in [0.3, 0.4) is 0 Å². The van der Waals surface area contributed by atoms with E-state index in [9.17, 15) is 14.0 Å². The minimum Gasteiger partial charge on any atom is -0.444 e. The van der Waals surface area contributed by atoms with Crippen molar-refractivity contribution < 1.29 is 18.7 Å². The number of carbonyl (C=O) groups excluding carboxylic acids is 2. The number of hydrogen-bond donors (Lipinski definition) is 0. The molecule has 0 N–H and O–H groups in total. The second kappa shape index (κ2) is 9.10. The van der Waals surface area contributed by atoms with Gasteiger partial charge in [-0.2, -0.15) is 5.10 Å². The van der Waals surface area contributed by atoms with Crippen molar-refractivity contribution in [1.29, 1.82) is 0 Å². The first-order valence-corrected chi connectivity index (χ1v) is 11.3. The summed E-state index contributed by atoms with van der Waals surface area (Å²) >= 11 is 6.51. The molecular formula is C25H26ClFN4O3. The molecule has 2 heterocycles.